The molecular weight excluding hydrogens is 226 g/mol. The van der Waals surface area contributed by atoms with E-state index in [1.807, 2.05) is 28.8 Å². The quantitative estimate of drug-likeness (QED) is 0.824. The average Bonchev–Trinajstić information content (AvgIpc) is 2.68. The summed E-state index contributed by atoms with van der Waals surface area (Å²) in [4.78, 5) is 4.57. The van der Waals surface area contributed by atoms with Gasteiger partial charge in [0.05, 0.1) is 17.6 Å². The number of hydrogen-bond acceptors (Lipinski definition) is 3. The summed E-state index contributed by atoms with van der Waals surface area (Å²) in [5, 5.41) is 12.5. The van der Waals surface area contributed by atoms with Gasteiger partial charge < -0.3 is 15.0 Å². The highest BCUT2D eigenvalue weighted by Crippen LogP contribution is 2.19. The Morgan fingerprint density at radius 1 is 1.33 bits per heavy atom. The van der Waals surface area contributed by atoms with Crippen LogP contribution in [0.5, 0.6) is 0 Å². The van der Waals surface area contributed by atoms with E-state index in [2.05, 4.69) is 24.1 Å². The summed E-state index contributed by atoms with van der Waals surface area (Å²) in [5.74, 6) is 1.53. The van der Waals surface area contributed by atoms with Gasteiger partial charge in [0.15, 0.2) is 0 Å². The van der Waals surface area contributed by atoms with Crippen molar-refractivity contribution in [3.8, 4) is 0 Å². The van der Waals surface area contributed by atoms with Gasteiger partial charge in [0, 0.05) is 13.1 Å². The third-order valence-electron chi connectivity index (χ3n) is 2.98. The van der Waals surface area contributed by atoms with Gasteiger partial charge in [-0.25, -0.2) is 4.98 Å². The normalized spacial score (nSPS) is 11.3. The van der Waals surface area contributed by atoms with Gasteiger partial charge in [-0.05, 0) is 24.5 Å². The molecule has 0 bridgehead atoms. The van der Waals surface area contributed by atoms with Crippen LogP contribution in [-0.4, -0.2) is 27.8 Å². The predicted octanol–water partition coefficient (Wildman–Crippen LogP) is 2.49. The van der Waals surface area contributed by atoms with Crippen molar-refractivity contribution in [3.63, 3.8) is 0 Å². The van der Waals surface area contributed by atoms with E-state index in [0.717, 1.165) is 29.9 Å². The Morgan fingerprint density at radius 2 is 2.11 bits per heavy atom. The van der Waals surface area contributed by atoms with Crippen molar-refractivity contribution in [1.82, 2.24) is 9.55 Å². The third-order valence-corrected chi connectivity index (χ3v) is 2.98. The van der Waals surface area contributed by atoms with Crippen LogP contribution in [0.1, 0.15) is 20.3 Å². The molecule has 0 unspecified atom stereocenters. The smallest absolute Gasteiger partial charge is 0.203 e. The van der Waals surface area contributed by atoms with Crippen molar-refractivity contribution in [2.24, 2.45) is 5.92 Å². The Balaban J connectivity index is 2.22. The molecule has 0 aliphatic rings. The van der Waals surface area contributed by atoms with Crippen LogP contribution in [-0.2, 0) is 6.54 Å². The molecule has 0 atom stereocenters. The number of nitrogens with zero attached hydrogens (tertiary/aromatic N) is 2. The van der Waals surface area contributed by atoms with E-state index in [1.54, 1.807) is 0 Å². The Hall–Kier alpha value is -1.55. The monoisotopic (exact) mass is 247 g/mol. The molecule has 0 saturated carbocycles. The van der Waals surface area contributed by atoms with Crippen molar-refractivity contribution in [2.45, 2.75) is 26.8 Å². The number of aliphatic hydroxyl groups excluding tert-OH is 1. The fourth-order valence-corrected chi connectivity index (χ4v) is 2.01. The van der Waals surface area contributed by atoms with Crippen LogP contribution < -0.4 is 5.32 Å². The largest absolute Gasteiger partial charge is 0.395 e. The summed E-state index contributed by atoms with van der Waals surface area (Å²) in [7, 11) is 0. The Bertz CT molecular complexity index is 505. The average molecular weight is 247 g/mol. The maximum atomic E-state index is 9.16. The van der Waals surface area contributed by atoms with E-state index < -0.39 is 0 Å². The lowest BCUT2D eigenvalue weighted by Gasteiger charge is -2.10. The zero-order valence-corrected chi connectivity index (χ0v) is 11.1. The van der Waals surface area contributed by atoms with E-state index in [-0.39, 0.29) is 6.61 Å². The summed E-state index contributed by atoms with van der Waals surface area (Å²) in [5.41, 5.74) is 2.04. The number of imidazole rings is 1. The van der Waals surface area contributed by atoms with Crippen LogP contribution in [0.15, 0.2) is 24.3 Å². The zero-order chi connectivity index (χ0) is 13.0. The second-order valence-electron chi connectivity index (χ2n) is 4.91. The summed E-state index contributed by atoms with van der Waals surface area (Å²) >= 11 is 0. The number of fused-ring (bicyclic) bond motifs is 1. The van der Waals surface area contributed by atoms with Crippen molar-refractivity contribution in [1.29, 1.82) is 0 Å². The van der Waals surface area contributed by atoms with Gasteiger partial charge in [0.25, 0.3) is 0 Å². The van der Waals surface area contributed by atoms with Crippen molar-refractivity contribution in [3.05, 3.63) is 24.3 Å². The number of hydrogen-bond donors (Lipinski definition) is 2. The van der Waals surface area contributed by atoms with Gasteiger partial charge in [0.2, 0.25) is 5.95 Å². The number of rotatable bonds is 6. The molecule has 2 rings (SSSR count). The standard InChI is InChI=1S/C14H21N3O/c1-11(2)7-8-15-14-16-12-5-3-4-6-13(12)17(14)9-10-18/h3-6,11,18H,7-10H2,1-2H3,(H,15,16). The number of benzene rings is 1. The minimum Gasteiger partial charge on any atom is -0.395 e. The number of para-hydroxylation sites is 2. The molecule has 0 spiro atoms. The molecule has 0 aliphatic heterocycles. The third kappa shape index (κ3) is 2.82. The number of anilines is 1. The molecule has 1 aromatic heterocycles. The van der Waals surface area contributed by atoms with Gasteiger partial charge in [-0.2, -0.15) is 0 Å². The molecule has 2 N–H and O–H groups in total. The van der Waals surface area contributed by atoms with Gasteiger partial charge in [-0.15, -0.1) is 0 Å². The number of nitrogens with one attached hydrogen (secondary N) is 1. The molecule has 2 aromatic rings. The van der Waals surface area contributed by atoms with Crippen molar-refractivity contribution >= 4 is 17.0 Å². The van der Waals surface area contributed by atoms with E-state index in [1.165, 1.54) is 0 Å². The Kier molecular flexibility index (Phi) is 4.20. The van der Waals surface area contributed by atoms with Crippen LogP contribution in [0.25, 0.3) is 11.0 Å². The molecule has 0 radical (unpaired) electrons. The molecule has 0 saturated heterocycles. The highest BCUT2D eigenvalue weighted by atomic mass is 16.3. The highest BCUT2D eigenvalue weighted by molar-refractivity contribution is 5.78. The van der Waals surface area contributed by atoms with Crippen molar-refractivity contribution < 1.29 is 5.11 Å². The fourth-order valence-electron chi connectivity index (χ4n) is 2.01. The first-order valence-electron chi connectivity index (χ1n) is 6.52. The minimum absolute atomic E-state index is 0.124. The van der Waals surface area contributed by atoms with Crippen LogP contribution >= 0.6 is 0 Å². The lowest BCUT2D eigenvalue weighted by molar-refractivity contribution is 0.278. The van der Waals surface area contributed by atoms with Crippen LogP contribution in [0, 0.1) is 5.92 Å². The van der Waals surface area contributed by atoms with Gasteiger partial charge in [-0.3, -0.25) is 0 Å². The first-order chi connectivity index (χ1) is 8.72. The van der Waals surface area contributed by atoms with Crippen molar-refractivity contribution in [2.75, 3.05) is 18.5 Å². The predicted molar refractivity (Wildman–Crippen MR) is 74.8 cm³/mol. The molecule has 1 heterocycles. The summed E-state index contributed by atoms with van der Waals surface area (Å²) < 4.78 is 2.04. The Morgan fingerprint density at radius 3 is 2.83 bits per heavy atom. The lowest BCUT2D eigenvalue weighted by atomic mass is 10.1. The SMILES string of the molecule is CC(C)CCNc1nc2ccccc2n1CCO. The van der Waals surface area contributed by atoms with Crippen LogP contribution in [0.3, 0.4) is 0 Å². The number of aliphatic hydroxyl groups is 1. The van der Waals surface area contributed by atoms with Gasteiger partial charge in [-0.1, -0.05) is 26.0 Å². The molecule has 98 valence electrons. The van der Waals surface area contributed by atoms with Crippen LogP contribution in [0.2, 0.25) is 0 Å². The minimum atomic E-state index is 0.124. The van der Waals surface area contributed by atoms with Gasteiger partial charge >= 0.3 is 0 Å². The maximum Gasteiger partial charge on any atom is 0.203 e. The lowest BCUT2D eigenvalue weighted by Crippen LogP contribution is -2.12. The summed E-state index contributed by atoms with van der Waals surface area (Å²) in [6.45, 7) is 6.02. The molecule has 1 aromatic carbocycles. The molecule has 0 amide bonds. The molecule has 4 nitrogen and oxygen atoms in total. The van der Waals surface area contributed by atoms with Crippen LogP contribution in [0.4, 0.5) is 5.95 Å². The second-order valence-corrected chi connectivity index (χ2v) is 4.91. The molecule has 4 heteroatoms. The first kappa shape index (κ1) is 12.9. The summed E-state index contributed by atoms with van der Waals surface area (Å²) in [6.07, 6.45) is 1.11. The number of aromatic nitrogens is 2. The highest BCUT2D eigenvalue weighted by Gasteiger charge is 2.09. The van der Waals surface area contributed by atoms with E-state index in [4.69, 9.17) is 5.11 Å². The first-order valence-corrected chi connectivity index (χ1v) is 6.52. The van der Waals surface area contributed by atoms with E-state index >= 15 is 0 Å². The second kappa shape index (κ2) is 5.87. The fraction of sp³-hybridized carbons (Fsp3) is 0.500. The topological polar surface area (TPSA) is 50.1 Å². The van der Waals surface area contributed by atoms with E-state index in [9.17, 15) is 0 Å². The zero-order valence-electron chi connectivity index (χ0n) is 11.1. The molecule has 18 heavy (non-hydrogen) atoms. The maximum absolute atomic E-state index is 9.16. The summed E-state index contributed by atoms with van der Waals surface area (Å²) in [6, 6.07) is 8.01. The molecule has 0 fully saturated rings. The molecule has 0 aliphatic carbocycles. The molecular formula is C14H21N3O. The Labute approximate surface area is 108 Å². The van der Waals surface area contributed by atoms with E-state index in [0.29, 0.717) is 12.5 Å². The van der Waals surface area contributed by atoms with Gasteiger partial charge in [0.1, 0.15) is 0 Å².